The quantitative estimate of drug-likeness (QED) is 0.581. The van der Waals surface area contributed by atoms with E-state index in [0.29, 0.717) is 5.57 Å². The molecule has 1 heterocycles. The molecule has 116 valence electrons. The SMILES string of the molecule is C=C1CN(S(=O)(=O)OC(C)(C)C)[C@H](C(=O)OCC)[C@@H]1C. The first-order valence-corrected chi connectivity index (χ1v) is 7.93. The highest BCUT2D eigenvalue weighted by Crippen LogP contribution is 2.32. The normalized spacial score (nSPS) is 24.9. The van der Waals surface area contributed by atoms with Crippen LogP contribution in [0.5, 0.6) is 0 Å². The topological polar surface area (TPSA) is 72.9 Å². The van der Waals surface area contributed by atoms with Crippen LogP contribution in [0.2, 0.25) is 0 Å². The predicted octanol–water partition coefficient (Wildman–Crippen LogP) is 1.49. The Labute approximate surface area is 121 Å². The van der Waals surface area contributed by atoms with Crippen molar-refractivity contribution in [3.8, 4) is 0 Å². The fourth-order valence-corrected chi connectivity index (χ4v) is 3.64. The molecular weight excluding hydrogens is 282 g/mol. The summed E-state index contributed by atoms with van der Waals surface area (Å²) in [5, 5.41) is 0. The minimum absolute atomic E-state index is 0.0725. The van der Waals surface area contributed by atoms with Crippen LogP contribution in [0.1, 0.15) is 34.6 Å². The van der Waals surface area contributed by atoms with Crippen molar-refractivity contribution in [1.82, 2.24) is 4.31 Å². The van der Waals surface area contributed by atoms with Crippen molar-refractivity contribution in [2.24, 2.45) is 5.92 Å². The van der Waals surface area contributed by atoms with Gasteiger partial charge in [0.15, 0.2) is 0 Å². The second-order valence-electron chi connectivity index (χ2n) is 5.84. The van der Waals surface area contributed by atoms with Crippen LogP contribution in [0.4, 0.5) is 0 Å². The fourth-order valence-electron chi connectivity index (χ4n) is 2.05. The van der Waals surface area contributed by atoms with E-state index in [-0.39, 0.29) is 19.1 Å². The molecule has 0 amide bonds. The van der Waals surface area contributed by atoms with Gasteiger partial charge in [0, 0.05) is 12.5 Å². The van der Waals surface area contributed by atoms with E-state index in [1.165, 1.54) is 0 Å². The number of esters is 1. The van der Waals surface area contributed by atoms with E-state index in [9.17, 15) is 13.2 Å². The zero-order chi connectivity index (χ0) is 15.7. The molecule has 1 saturated heterocycles. The van der Waals surface area contributed by atoms with E-state index in [0.717, 1.165) is 4.31 Å². The maximum atomic E-state index is 12.3. The first-order chi connectivity index (χ1) is 8.99. The second kappa shape index (κ2) is 5.83. The van der Waals surface area contributed by atoms with Gasteiger partial charge in [-0.05, 0) is 27.7 Å². The van der Waals surface area contributed by atoms with Gasteiger partial charge < -0.3 is 4.74 Å². The molecular formula is C13H23NO5S. The molecule has 1 fully saturated rings. The molecule has 0 saturated carbocycles. The maximum absolute atomic E-state index is 12.3. The van der Waals surface area contributed by atoms with Gasteiger partial charge >= 0.3 is 16.3 Å². The van der Waals surface area contributed by atoms with E-state index >= 15 is 0 Å². The fraction of sp³-hybridized carbons (Fsp3) is 0.769. The minimum Gasteiger partial charge on any atom is -0.465 e. The standard InChI is InChI=1S/C13H23NO5S/c1-7-18-12(15)11-10(3)9(2)8-14(11)20(16,17)19-13(4,5)6/h10-11H,2,7-8H2,1,3-6H3/t10-,11+/m1/s1. The van der Waals surface area contributed by atoms with Gasteiger partial charge in [0.25, 0.3) is 0 Å². The monoisotopic (exact) mass is 305 g/mol. The molecule has 0 unspecified atom stereocenters. The Morgan fingerprint density at radius 1 is 1.45 bits per heavy atom. The number of carbonyl (C=O) groups excluding carboxylic acids is 1. The van der Waals surface area contributed by atoms with Crippen LogP contribution in [-0.4, -0.2) is 43.5 Å². The molecule has 2 atom stereocenters. The molecule has 6 nitrogen and oxygen atoms in total. The first-order valence-electron chi connectivity index (χ1n) is 6.56. The van der Waals surface area contributed by atoms with Gasteiger partial charge in [0.2, 0.25) is 0 Å². The summed E-state index contributed by atoms with van der Waals surface area (Å²) in [7, 11) is -4.02. The van der Waals surface area contributed by atoms with Crippen molar-refractivity contribution in [3.63, 3.8) is 0 Å². The first kappa shape index (κ1) is 17.1. The van der Waals surface area contributed by atoms with E-state index in [2.05, 4.69) is 6.58 Å². The van der Waals surface area contributed by atoms with Crippen LogP contribution in [0, 0.1) is 5.92 Å². The maximum Gasteiger partial charge on any atom is 0.340 e. The zero-order valence-electron chi connectivity index (χ0n) is 12.7. The van der Waals surface area contributed by atoms with Crippen molar-refractivity contribution in [1.29, 1.82) is 0 Å². The summed E-state index contributed by atoms with van der Waals surface area (Å²) < 4.78 is 35.7. The Bertz CT molecular complexity index is 491. The highest BCUT2D eigenvalue weighted by molar-refractivity contribution is 7.84. The van der Waals surface area contributed by atoms with E-state index in [4.69, 9.17) is 8.92 Å². The Morgan fingerprint density at radius 3 is 2.45 bits per heavy atom. The Kier molecular flexibility index (Phi) is 4.99. The van der Waals surface area contributed by atoms with E-state index in [1.54, 1.807) is 34.6 Å². The van der Waals surface area contributed by atoms with E-state index < -0.39 is 27.9 Å². The highest BCUT2D eigenvalue weighted by atomic mass is 32.2. The summed E-state index contributed by atoms with van der Waals surface area (Å²) in [6.07, 6.45) is 0. The molecule has 0 aromatic heterocycles. The van der Waals surface area contributed by atoms with Crippen LogP contribution in [-0.2, 0) is 24.0 Å². The third-order valence-electron chi connectivity index (χ3n) is 2.96. The van der Waals surface area contributed by atoms with Crippen molar-refractivity contribution >= 4 is 16.3 Å². The minimum atomic E-state index is -4.02. The summed E-state index contributed by atoms with van der Waals surface area (Å²) in [4.78, 5) is 12.0. The van der Waals surface area contributed by atoms with Crippen molar-refractivity contribution in [2.75, 3.05) is 13.2 Å². The van der Waals surface area contributed by atoms with Crippen LogP contribution in [0.3, 0.4) is 0 Å². The molecule has 1 rings (SSSR count). The number of nitrogens with zero attached hydrogens (tertiary/aromatic N) is 1. The molecule has 0 bridgehead atoms. The molecule has 0 aromatic carbocycles. The number of carbonyl (C=O) groups is 1. The molecule has 0 radical (unpaired) electrons. The van der Waals surface area contributed by atoms with Gasteiger partial charge in [-0.15, -0.1) is 0 Å². The molecule has 0 spiro atoms. The molecule has 1 aliphatic heterocycles. The molecule has 7 heteroatoms. The zero-order valence-corrected chi connectivity index (χ0v) is 13.5. The number of hydrogen-bond acceptors (Lipinski definition) is 5. The van der Waals surface area contributed by atoms with Gasteiger partial charge in [-0.25, -0.2) is 0 Å². The lowest BCUT2D eigenvalue weighted by atomic mass is 10.00. The van der Waals surface area contributed by atoms with Crippen LogP contribution < -0.4 is 0 Å². The smallest absolute Gasteiger partial charge is 0.340 e. The predicted molar refractivity (Wildman–Crippen MR) is 75.2 cm³/mol. The number of hydrogen-bond donors (Lipinski definition) is 0. The summed E-state index contributed by atoms with van der Waals surface area (Å²) in [6, 6.07) is -0.908. The van der Waals surface area contributed by atoms with Crippen molar-refractivity contribution in [3.05, 3.63) is 12.2 Å². The van der Waals surface area contributed by atoms with Gasteiger partial charge in [-0.3, -0.25) is 8.98 Å². The lowest BCUT2D eigenvalue weighted by molar-refractivity contribution is -0.148. The van der Waals surface area contributed by atoms with E-state index in [1.807, 2.05) is 0 Å². The van der Waals surface area contributed by atoms with Gasteiger partial charge in [0.1, 0.15) is 6.04 Å². The number of ether oxygens (including phenoxy) is 1. The summed E-state index contributed by atoms with van der Waals surface area (Å²) >= 11 is 0. The largest absolute Gasteiger partial charge is 0.465 e. The molecule has 0 aliphatic carbocycles. The third-order valence-corrected chi connectivity index (χ3v) is 4.60. The number of rotatable bonds is 4. The Hall–Kier alpha value is -0.920. The Balaban J connectivity index is 3.08. The second-order valence-corrected chi connectivity index (χ2v) is 7.33. The van der Waals surface area contributed by atoms with Gasteiger partial charge in [-0.1, -0.05) is 19.1 Å². The van der Waals surface area contributed by atoms with Gasteiger partial charge in [0.05, 0.1) is 12.2 Å². The highest BCUT2D eigenvalue weighted by Gasteiger charge is 2.47. The van der Waals surface area contributed by atoms with Crippen molar-refractivity contribution < 1.29 is 22.1 Å². The van der Waals surface area contributed by atoms with Crippen LogP contribution >= 0.6 is 0 Å². The third kappa shape index (κ3) is 3.80. The molecule has 0 N–H and O–H groups in total. The van der Waals surface area contributed by atoms with Crippen LogP contribution in [0.25, 0.3) is 0 Å². The Morgan fingerprint density at radius 2 is 2.00 bits per heavy atom. The average molecular weight is 305 g/mol. The summed E-state index contributed by atoms with van der Waals surface area (Å²) in [5.74, 6) is -0.868. The van der Waals surface area contributed by atoms with Crippen LogP contribution in [0.15, 0.2) is 12.2 Å². The van der Waals surface area contributed by atoms with Gasteiger partial charge in [-0.2, -0.15) is 12.7 Å². The lowest BCUT2D eigenvalue weighted by Crippen LogP contribution is -2.46. The summed E-state index contributed by atoms with van der Waals surface area (Å²) in [5.41, 5.74) is -0.199. The molecule has 1 aliphatic rings. The molecule has 0 aromatic rings. The summed E-state index contributed by atoms with van der Waals surface area (Å²) in [6.45, 7) is 12.4. The lowest BCUT2D eigenvalue weighted by Gasteiger charge is -2.27. The van der Waals surface area contributed by atoms with Crippen molar-refractivity contribution in [2.45, 2.75) is 46.3 Å². The average Bonchev–Trinajstić information content (AvgIpc) is 2.53. The molecule has 20 heavy (non-hydrogen) atoms.